The van der Waals surface area contributed by atoms with Gasteiger partial charge in [0.1, 0.15) is 0 Å². The van der Waals surface area contributed by atoms with E-state index in [-0.39, 0.29) is 0 Å². The minimum Gasteiger partial charge on any atom is -0.478 e. The molecule has 0 spiro atoms. The zero-order valence-electron chi connectivity index (χ0n) is 10.7. The fourth-order valence-electron chi connectivity index (χ4n) is 2.18. The van der Waals surface area contributed by atoms with E-state index < -0.39 is 5.97 Å². The van der Waals surface area contributed by atoms with Crippen LogP contribution in [0.15, 0.2) is 42.5 Å². The molecule has 1 N–H and O–H groups in total. The van der Waals surface area contributed by atoms with Crippen LogP contribution in [-0.4, -0.2) is 11.1 Å². The second kappa shape index (κ2) is 6.02. The van der Waals surface area contributed by atoms with Gasteiger partial charge in [0, 0.05) is 5.33 Å². The maximum atomic E-state index is 11.4. The summed E-state index contributed by atoms with van der Waals surface area (Å²) in [7, 11) is 0. The Kier molecular flexibility index (Phi) is 4.38. The third-order valence-corrected chi connectivity index (χ3v) is 3.80. The quantitative estimate of drug-likeness (QED) is 0.842. The molecule has 2 aromatic carbocycles. The molecule has 0 amide bonds. The Bertz CT molecular complexity index is 605. The third kappa shape index (κ3) is 2.87. The molecule has 0 saturated heterocycles. The van der Waals surface area contributed by atoms with E-state index in [1.165, 1.54) is 0 Å². The van der Waals surface area contributed by atoms with Crippen molar-refractivity contribution in [3.05, 3.63) is 59.2 Å². The summed E-state index contributed by atoms with van der Waals surface area (Å²) in [6, 6.07) is 13.5. The second-order valence-electron chi connectivity index (χ2n) is 4.33. The van der Waals surface area contributed by atoms with Gasteiger partial charge in [0.15, 0.2) is 0 Å². The number of halogens is 1. The van der Waals surface area contributed by atoms with Crippen LogP contribution in [0.25, 0.3) is 11.1 Å². The van der Waals surface area contributed by atoms with Gasteiger partial charge in [-0.3, -0.25) is 0 Å². The van der Waals surface area contributed by atoms with E-state index in [0.717, 1.165) is 28.7 Å². The molecular weight excluding hydrogens is 304 g/mol. The van der Waals surface area contributed by atoms with Crippen molar-refractivity contribution in [1.29, 1.82) is 0 Å². The topological polar surface area (TPSA) is 37.3 Å². The van der Waals surface area contributed by atoms with Crippen LogP contribution >= 0.6 is 15.9 Å². The molecule has 0 aliphatic rings. The first-order valence-electron chi connectivity index (χ1n) is 6.17. The van der Waals surface area contributed by atoms with E-state index in [4.69, 9.17) is 0 Å². The summed E-state index contributed by atoms with van der Waals surface area (Å²) in [5.74, 6) is -0.885. The highest BCUT2D eigenvalue weighted by molar-refractivity contribution is 9.08. The average molecular weight is 319 g/mol. The first-order chi connectivity index (χ1) is 9.17. The smallest absolute Gasteiger partial charge is 0.336 e. The van der Waals surface area contributed by atoms with Crippen molar-refractivity contribution in [2.45, 2.75) is 18.7 Å². The van der Waals surface area contributed by atoms with E-state index >= 15 is 0 Å². The SMILES string of the molecule is CCc1ccccc1-c1ccc(CBr)cc1C(=O)O. The Morgan fingerprint density at radius 2 is 1.89 bits per heavy atom. The summed E-state index contributed by atoms with van der Waals surface area (Å²) in [5, 5.41) is 10.1. The minimum absolute atomic E-state index is 0.359. The Morgan fingerprint density at radius 3 is 2.53 bits per heavy atom. The van der Waals surface area contributed by atoms with Gasteiger partial charge in [-0.05, 0) is 34.7 Å². The fraction of sp³-hybridized carbons (Fsp3) is 0.188. The van der Waals surface area contributed by atoms with Crippen LogP contribution in [-0.2, 0) is 11.8 Å². The monoisotopic (exact) mass is 318 g/mol. The lowest BCUT2D eigenvalue weighted by Gasteiger charge is -2.12. The molecule has 0 aliphatic heterocycles. The molecule has 3 heteroatoms. The highest BCUT2D eigenvalue weighted by Gasteiger charge is 2.14. The predicted molar refractivity (Wildman–Crippen MR) is 80.8 cm³/mol. The van der Waals surface area contributed by atoms with Crippen molar-refractivity contribution in [3.63, 3.8) is 0 Å². The number of alkyl halides is 1. The van der Waals surface area contributed by atoms with E-state index in [9.17, 15) is 9.90 Å². The lowest BCUT2D eigenvalue weighted by Crippen LogP contribution is -2.02. The van der Waals surface area contributed by atoms with Gasteiger partial charge in [0.05, 0.1) is 5.56 Å². The van der Waals surface area contributed by atoms with Crippen molar-refractivity contribution in [2.75, 3.05) is 0 Å². The summed E-state index contributed by atoms with van der Waals surface area (Å²) in [4.78, 5) is 11.4. The molecule has 2 aromatic rings. The summed E-state index contributed by atoms with van der Waals surface area (Å²) in [5.41, 5.74) is 4.28. The number of hydrogen-bond donors (Lipinski definition) is 1. The van der Waals surface area contributed by atoms with Gasteiger partial charge in [-0.1, -0.05) is 59.3 Å². The summed E-state index contributed by atoms with van der Waals surface area (Å²) in [6.07, 6.45) is 0.884. The van der Waals surface area contributed by atoms with Gasteiger partial charge in [-0.25, -0.2) is 4.79 Å². The Hall–Kier alpha value is -1.61. The van der Waals surface area contributed by atoms with Crippen molar-refractivity contribution in [1.82, 2.24) is 0 Å². The Morgan fingerprint density at radius 1 is 1.16 bits per heavy atom. The third-order valence-electron chi connectivity index (χ3n) is 3.16. The van der Waals surface area contributed by atoms with Gasteiger partial charge in [-0.15, -0.1) is 0 Å². The van der Waals surface area contributed by atoms with E-state index in [2.05, 4.69) is 22.9 Å². The standard InChI is InChI=1S/C16H15BrO2/c1-2-12-5-3-4-6-13(12)14-8-7-11(10-17)9-15(14)16(18)19/h3-9H,2,10H2,1H3,(H,18,19). The van der Waals surface area contributed by atoms with Crippen LogP contribution in [0.2, 0.25) is 0 Å². The van der Waals surface area contributed by atoms with E-state index in [0.29, 0.717) is 10.9 Å². The summed E-state index contributed by atoms with van der Waals surface area (Å²) < 4.78 is 0. The highest BCUT2D eigenvalue weighted by atomic mass is 79.9. The number of rotatable bonds is 4. The zero-order valence-corrected chi connectivity index (χ0v) is 12.3. The lowest BCUT2D eigenvalue weighted by atomic mass is 9.93. The number of carbonyl (C=O) groups is 1. The van der Waals surface area contributed by atoms with Gasteiger partial charge < -0.3 is 5.11 Å². The number of benzene rings is 2. The molecule has 0 bridgehead atoms. The molecular formula is C16H15BrO2. The molecule has 0 heterocycles. The normalized spacial score (nSPS) is 10.4. The molecule has 0 saturated carbocycles. The maximum absolute atomic E-state index is 11.4. The van der Waals surface area contributed by atoms with Gasteiger partial charge >= 0.3 is 5.97 Å². The Balaban J connectivity index is 2.64. The van der Waals surface area contributed by atoms with Gasteiger partial charge in [0.2, 0.25) is 0 Å². The highest BCUT2D eigenvalue weighted by Crippen LogP contribution is 2.29. The van der Waals surface area contributed by atoms with Crippen molar-refractivity contribution < 1.29 is 9.90 Å². The molecule has 2 rings (SSSR count). The van der Waals surface area contributed by atoms with E-state index in [1.54, 1.807) is 6.07 Å². The van der Waals surface area contributed by atoms with Crippen LogP contribution in [0.4, 0.5) is 0 Å². The summed E-state index contributed by atoms with van der Waals surface area (Å²) in [6.45, 7) is 2.08. The molecule has 2 nitrogen and oxygen atoms in total. The lowest BCUT2D eigenvalue weighted by molar-refractivity contribution is 0.0697. The number of hydrogen-bond acceptors (Lipinski definition) is 1. The second-order valence-corrected chi connectivity index (χ2v) is 4.89. The largest absolute Gasteiger partial charge is 0.478 e. The fourth-order valence-corrected chi connectivity index (χ4v) is 2.53. The number of carboxylic acids is 1. The predicted octanol–water partition coefficient (Wildman–Crippen LogP) is 4.51. The van der Waals surface area contributed by atoms with Crippen LogP contribution in [0, 0.1) is 0 Å². The number of aryl methyl sites for hydroxylation is 1. The van der Waals surface area contributed by atoms with E-state index in [1.807, 2.05) is 36.4 Å². The molecule has 98 valence electrons. The zero-order chi connectivity index (χ0) is 13.8. The Labute approximate surface area is 121 Å². The van der Waals surface area contributed by atoms with Crippen LogP contribution in [0.5, 0.6) is 0 Å². The van der Waals surface area contributed by atoms with Crippen LogP contribution in [0.1, 0.15) is 28.4 Å². The van der Waals surface area contributed by atoms with Gasteiger partial charge in [-0.2, -0.15) is 0 Å². The number of aromatic carboxylic acids is 1. The van der Waals surface area contributed by atoms with Crippen molar-refractivity contribution in [3.8, 4) is 11.1 Å². The summed E-state index contributed by atoms with van der Waals surface area (Å²) >= 11 is 3.36. The first-order valence-corrected chi connectivity index (χ1v) is 7.30. The molecule has 0 aliphatic carbocycles. The average Bonchev–Trinajstić information content (AvgIpc) is 2.46. The molecule has 19 heavy (non-hydrogen) atoms. The number of carboxylic acid groups (broad SMARTS) is 1. The molecule has 0 aromatic heterocycles. The molecule has 0 unspecified atom stereocenters. The van der Waals surface area contributed by atoms with Crippen LogP contribution in [0.3, 0.4) is 0 Å². The van der Waals surface area contributed by atoms with Gasteiger partial charge in [0.25, 0.3) is 0 Å². The van der Waals surface area contributed by atoms with Crippen LogP contribution < -0.4 is 0 Å². The maximum Gasteiger partial charge on any atom is 0.336 e. The van der Waals surface area contributed by atoms with Crippen molar-refractivity contribution in [2.24, 2.45) is 0 Å². The molecule has 0 atom stereocenters. The van der Waals surface area contributed by atoms with Crippen molar-refractivity contribution >= 4 is 21.9 Å². The first kappa shape index (κ1) is 13.8. The molecule has 0 fully saturated rings. The molecule has 0 radical (unpaired) electrons. The minimum atomic E-state index is -0.885.